The lowest BCUT2D eigenvalue weighted by Gasteiger charge is -1.69. The number of rotatable bonds is 3. The lowest BCUT2D eigenvalue weighted by atomic mass is 11.1. The van der Waals surface area contributed by atoms with E-state index in [1.54, 1.807) is 0 Å². The van der Waals surface area contributed by atoms with Gasteiger partial charge in [-0.2, -0.15) is 5.11 Å². The molecule has 0 atom stereocenters. The number of hydrogen-bond acceptors (Lipinski definition) is 4. The molecule has 0 spiro atoms. The Bertz CT molecular complexity index is 88.2. The fraction of sp³-hybridized carbons (Fsp3) is 0. The summed E-state index contributed by atoms with van der Waals surface area (Å²) < 4.78 is 6.73. The van der Waals surface area contributed by atoms with Crippen molar-refractivity contribution in [2.45, 2.75) is 0 Å². The average Bonchev–Trinajstić information content (AvgIpc) is 1.69. The molecule has 0 heterocycles. The first-order valence-electron chi connectivity index (χ1n) is 1.55. The van der Waals surface area contributed by atoms with E-state index < -0.39 is 0 Å². The van der Waals surface area contributed by atoms with Crippen molar-refractivity contribution in [2.75, 3.05) is 0 Å². The van der Waals surface area contributed by atoms with Gasteiger partial charge >= 0.3 is 0 Å². The summed E-state index contributed by atoms with van der Waals surface area (Å²) in [5, 5.41) is 3.38. The van der Waals surface area contributed by atoms with Gasteiger partial charge in [-0.25, -0.2) is 4.40 Å². The Balaban J connectivity index is 3.08. The second kappa shape index (κ2) is 5.36. The molecule has 0 aliphatic heterocycles. The molecule has 7 heavy (non-hydrogen) atoms. The molecule has 0 fully saturated rings. The summed E-state index contributed by atoms with van der Waals surface area (Å²) >= 11 is 0.934. The van der Waals surface area contributed by atoms with E-state index in [1.807, 2.05) is 0 Å². The van der Waals surface area contributed by atoms with Gasteiger partial charge in [-0.1, -0.05) is 11.1 Å². The quantitative estimate of drug-likeness (QED) is 0.314. The minimum atomic E-state index is 0.934. The monoisotopic (exact) mass is 115 g/mol. The van der Waals surface area contributed by atoms with Crippen molar-refractivity contribution in [3.8, 4) is 0 Å². The topological polar surface area (TPSA) is 37.1 Å². The third-order valence-corrected chi connectivity index (χ3v) is 0.506. The van der Waals surface area contributed by atoms with Gasteiger partial charge in [-0.15, -0.1) is 0 Å². The fourth-order valence-corrected chi connectivity index (χ4v) is 0.241. The lowest BCUT2D eigenvalue weighted by Crippen LogP contribution is -1.38. The Morgan fingerprint density at radius 2 is 2.29 bits per heavy atom. The number of hydrogen-bond donors (Lipinski definition) is 0. The first-order valence-corrected chi connectivity index (χ1v) is 2.28. The Morgan fingerprint density at radius 1 is 1.57 bits per heavy atom. The molecular formula is C3H5N3S. The van der Waals surface area contributed by atoms with Crippen molar-refractivity contribution < 1.29 is 0 Å². The maximum atomic E-state index is 3.40. The van der Waals surface area contributed by atoms with Crippen LogP contribution < -0.4 is 0 Å². The molecule has 0 bridgehead atoms. The Hall–Kier alpha value is -0.640. The smallest absolute Gasteiger partial charge is 0.137 e. The highest BCUT2D eigenvalue weighted by molar-refractivity contribution is 7.96. The molecule has 3 nitrogen and oxygen atoms in total. The van der Waals surface area contributed by atoms with E-state index in [2.05, 4.69) is 27.3 Å². The van der Waals surface area contributed by atoms with E-state index in [-0.39, 0.29) is 0 Å². The van der Waals surface area contributed by atoms with Crippen LogP contribution in [0.2, 0.25) is 0 Å². The lowest BCUT2D eigenvalue weighted by molar-refractivity contribution is 1.35. The minimum Gasteiger partial charge on any atom is -0.208 e. The maximum absolute atomic E-state index is 3.40. The van der Waals surface area contributed by atoms with Crippen molar-refractivity contribution in [3.63, 3.8) is 0 Å². The zero-order valence-corrected chi connectivity index (χ0v) is 4.56. The van der Waals surface area contributed by atoms with Gasteiger partial charge in [0.2, 0.25) is 0 Å². The van der Waals surface area contributed by atoms with Crippen LogP contribution in [-0.2, 0) is 0 Å². The Labute approximate surface area is 46.5 Å². The van der Waals surface area contributed by atoms with E-state index in [0.29, 0.717) is 0 Å². The van der Waals surface area contributed by atoms with E-state index in [1.165, 1.54) is 6.20 Å². The van der Waals surface area contributed by atoms with Crippen LogP contribution in [0.25, 0.3) is 0 Å². The molecule has 0 amide bonds. The Kier molecular flexibility index (Phi) is 4.87. The largest absolute Gasteiger partial charge is 0.208 e. The van der Waals surface area contributed by atoms with E-state index in [0.717, 1.165) is 12.1 Å². The van der Waals surface area contributed by atoms with Crippen LogP contribution in [0.4, 0.5) is 0 Å². The summed E-state index contributed by atoms with van der Waals surface area (Å²) in [7, 11) is 0. The third kappa shape index (κ3) is 5.36. The molecule has 0 unspecified atom stereocenters. The third-order valence-electron chi connectivity index (χ3n) is 0.223. The standard InChI is InChI=1S/C3H5N3S/c1-3-5-6-7-4-2/h3H,1-2H2. The molecule has 0 aliphatic carbocycles. The molecule has 0 radical (unpaired) electrons. The van der Waals surface area contributed by atoms with Crippen LogP contribution >= 0.6 is 12.1 Å². The van der Waals surface area contributed by atoms with Gasteiger partial charge in [-0.05, 0) is 0 Å². The molecular weight excluding hydrogens is 110 g/mol. The van der Waals surface area contributed by atoms with Crippen molar-refractivity contribution >= 4 is 18.9 Å². The van der Waals surface area contributed by atoms with Crippen LogP contribution in [-0.4, -0.2) is 6.72 Å². The normalized spacial score (nSPS) is 9.14. The molecule has 0 saturated heterocycles. The summed E-state index contributed by atoms with van der Waals surface area (Å²) in [6.07, 6.45) is 1.33. The van der Waals surface area contributed by atoms with Crippen LogP contribution in [0.1, 0.15) is 0 Å². The molecule has 0 aromatic heterocycles. The SMILES string of the molecule is C=CN=NSN=C. The van der Waals surface area contributed by atoms with Gasteiger partial charge in [0.05, 0.1) is 0 Å². The van der Waals surface area contributed by atoms with Crippen LogP contribution in [0, 0.1) is 0 Å². The minimum absolute atomic E-state index is 0.934. The highest BCUT2D eigenvalue weighted by Gasteiger charge is 1.62. The van der Waals surface area contributed by atoms with Crippen LogP contribution in [0.15, 0.2) is 26.8 Å². The molecule has 0 rings (SSSR count). The second-order valence-electron chi connectivity index (χ2n) is 0.590. The molecule has 0 aromatic carbocycles. The van der Waals surface area contributed by atoms with Gasteiger partial charge in [0.1, 0.15) is 12.1 Å². The first-order chi connectivity index (χ1) is 3.41. The number of nitrogens with zero attached hydrogens (tertiary/aromatic N) is 3. The Morgan fingerprint density at radius 3 is 2.71 bits per heavy atom. The first kappa shape index (κ1) is 6.36. The fourth-order valence-electron chi connectivity index (χ4n) is 0.0802. The van der Waals surface area contributed by atoms with Crippen molar-refractivity contribution in [3.05, 3.63) is 12.8 Å². The zero-order valence-electron chi connectivity index (χ0n) is 3.74. The van der Waals surface area contributed by atoms with Gasteiger partial charge in [0.25, 0.3) is 0 Å². The van der Waals surface area contributed by atoms with E-state index >= 15 is 0 Å². The zero-order chi connectivity index (χ0) is 5.54. The van der Waals surface area contributed by atoms with Gasteiger partial charge in [0.15, 0.2) is 0 Å². The van der Waals surface area contributed by atoms with Crippen molar-refractivity contribution in [2.24, 2.45) is 14.0 Å². The highest BCUT2D eigenvalue weighted by atomic mass is 32.2. The van der Waals surface area contributed by atoms with Crippen molar-refractivity contribution in [1.82, 2.24) is 0 Å². The molecule has 0 saturated carbocycles. The summed E-state index contributed by atoms with van der Waals surface area (Å²) in [4.78, 5) is 0. The van der Waals surface area contributed by atoms with Crippen molar-refractivity contribution in [1.29, 1.82) is 0 Å². The molecule has 4 heteroatoms. The molecule has 0 aromatic rings. The highest BCUT2D eigenvalue weighted by Crippen LogP contribution is 2.00. The van der Waals surface area contributed by atoms with Crippen LogP contribution in [0.5, 0.6) is 0 Å². The second-order valence-corrected chi connectivity index (χ2v) is 1.18. The predicted molar refractivity (Wildman–Crippen MR) is 32.2 cm³/mol. The average molecular weight is 115 g/mol. The molecule has 38 valence electrons. The maximum Gasteiger partial charge on any atom is 0.137 e. The van der Waals surface area contributed by atoms with E-state index in [4.69, 9.17) is 0 Å². The summed E-state index contributed by atoms with van der Waals surface area (Å²) in [6, 6.07) is 0. The van der Waals surface area contributed by atoms with Crippen LogP contribution in [0.3, 0.4) is 0 Å². The summed E-state index contributed by atoms with van der Waals surface area (Å²) in [5.74, 6) is 0. The van der Waals surface area contributed by atoms with Gasteiger partial charge in [-0.3, -0.25) is 0 Å². The predicted octanol–water partition coefficient (Wildman–Crippen LogP) is 1.85. The van der Waals surface area contributed by atoms with Gasteiger partial charge in [0, 0.05) is 12.9 Å². The summed E-state index contributed by atoms with van der Waals surface area (Å²) in [6.45, 7) is 6.45. The van der Waals surface area contributed by atoms with Gasteiger partial charge < -0.3 is 0 Å². The molecule has 0 N–H and O–H groups in total. The summed E-state index contributed by atoms with van der Waals surface area (Å²) in [5.41, 5.74) is 0. The van der Waals surface area contributed by atoms with E-state index in [9.17, 15) is 0 Å². The molecule has 0 aliphatic rings.